The molecule has 0 spiro atoms. The highest BCUT2D eigenvalue weighted by Crippen LogP contribution is 2.16. The molecule has 3 rings (SSSR count). The molecule has 2 fully saturated rings. The van der Waals surface area contributed by atoms with Gasteiger partial charge >= 0.3 is 0 Å². The Balaban J connectivity index is 1.48. The summed E-state index contributed by atoms with van der Waals surface area (Å²) in [5.74, 6) is 1.26. The van der Waals surface area contributed by atoms with E-state index >= 15 is 0 Å². The second-order valence-electron chi connectivity index (χ2n) is 6.70. The molecule has 0 radical (unpaired) electrons. The number of hydrogen-bond acceptors (Lipinski definition) is 4. The summed E-state index contributed by atoms with van der Waals surface area (Å²) in [6, 6.07) is 0. The van der Waals surface area contributed by atoms with Crippen LogP contribution in [0.2, 0.25) is 0 Å². The predicted octanol–water partition coefficient (Wildman–Crippen LogP) is 1.08. The van der Waals surface area contributed by atoms with Crippen LogP contribution >= 0.6 is 0 Å². The molecule has 2 aliphatic rings. The van der Waals surface area contributed by atoms with E-state index in [1.54, 1.807) is 6.20 Å². The van der Waals surface area contributed by atoms with Crippen molar-refractivity contribution in [3.63, 3.8) is 0 Å². The number of carbonyl (C=O) groups is 2. The van der Waals surface area contributed by atoms with Gasteiger partial charge in [-0.05, 0) is 19.3 Å². The summed E-state index contributed by atoms with van der Waals surface area (Å²) in [4.78, 5) is 33.1. The molecule has 1 aromatic heterocycles. The van der Waals surface area contributed by atoms with Crippen LogP contribution in [0.3, 0.4) is 0 Å². The lowest BCUT2D eigenvalue weighted by Gasteiger charge is -2.24. The number of ether oxygens (including phenoxy) is 1. The Labute approximate surface area is 148 Å². The first kappa shape index (κ1) is 17.9. The number of aryl methyl sites for hydroxylation is 2. The summed E-state index contributed by atoms with van der Waals surface area (Å²) < 4.78 is 7.55. The third-order valence-corrected chi connectivity index (χ3v) is 5.05. The van der Waals surface area contributed by atoms with Gasteiger partial charge in [-0.25, -0.2) is 4.98 Å². The monoisotopic (exact) mass is 348 g/mol. The van der Waals surface area contributed by atoms with Crippen LogP contribution in [0.4, 0.5) is 0 Å². The molecule has 2 saturated heterocycles. The van der Waals surface area contributed by atoms with E-state index in [1.165, 1.54) is 0 Å². The number of hydrogen-bond donors (Lipinski definition) is 0. The maximum absolute atomic E-state index is 12.5. The number of imidazole rings is 1. The van der Waals surface area contributed by atoms with Crippen LogP contribution in [-0.2, 0) is 27.3 Å². The van der Waals surface area contributed by atoms with E-state index in [1.807, 2.05) is 20.6 Å². The van der Waals surface area contributed by atoms with Gasteiger partial charge < -0.3 is 19.1 Å². The van der Waals surface area contributed by atoms with Crippen LogP contribution in [0.25, 0.3) is 0 Å². The first-order valence-corrected chi connectivity index (χ1v) is 9.37. The number of nitrogens with zero attached hydrogens (tertiary/aromatic N) is 4. The van der Waals surface area contributed by atoms with E-state index < -0.39 is 0 Å². The number of amides is 2. The van der Waals surface area contributed by atoms with E-state index in [0.717, 1.165) is 38.1 Å². The molecule has 0 saturated carbocycles. The molecular weight excluding hydrogens is 320 g/mol. The molecule has 0 bridgehead atoms. The maximum atomic E-state index is 12.5. The summed E-state index contributed by atoms with van der Waals surface area (Å²) in [5.41, 5.74) is 0. The average Bonchev–Trinajstić information content (AvgIpc) is 3.26. The van der Waals surface area contributed by atoms with Crippen molar-refractivity contribution in [2.24, 2.45) is 0 Å². The van der Waals surface area contributed by atoms with Crippen LogP contribution in [0, 0.1) is 0 Å². The predicted molar refractivity (Wildman–Crippen MR) is 93.0 cm³/mol. The SMILES string of the molecule is CCc1nccn1CCC(=O)N1CCCN(C(=O)C2CCCO2)CC1. The van der Waals surface area contributed by atoms with Crippen molar-refractivity contribution in [2.45, 2.75) is 51.7 Å². The van der Waals surface area contributed by atoms with Gasteiger partial charge in [0, 0.05) is 64.6 Å². The molecule has 7 heteroatoms. The quantitative estimate of drug-likeness (QED) is 0.798. The Hall–Kier alpha value is -1.89. The zero-order chi connectivity index (χ0) is 17.6. The average molecular weight is 348 g/mol. The van der Waals surface area contributed by atoms with E-state index in [9.17, 15) is 9.59 Å². The Bertz CT molecular complexity index is 595. The van der Waals surface area contributed by atoms with Gasteiger partial charge in [0.05, 0.1) is 0 Å². The van der Waals surface area contributed by atoms with E-state index in [-0.39, 0.29) is 17.9 Å². The topological polar surface area (TPSA) is 67.7 Å². The Kier molecular flexibility index (Phi) is 6.07. The lowest BCUT2D eigenvalue weighted by atomic mass is 10.2. The molecule has 1 atom stereocenters. The Morgan fingerprint density at radius 1 is 1.20 bits per heavy atom. The molecule has 7 nitrogen and oxygen atoms in total. The molecular formula is C18H28N4O3. The first-order valence-electron chi connectivity index (χ1n) is 9.37. The molecule has 0 aliphatic carbocycles. The van der Waals surface area contributed by atoms with E-state index in [0.29, 0.717) is 39.2 Å². The maximum Gasteiger partial charge on any atom is 0.251 e. The molecule has 2 aliphatic heterocycles. The van der Waals surface area contributed by atoms with Gasteiger partial charge in [-0.2, -0.15) is 0 Å². The van der Waals surface area contributed by atoms with Crippen LogP contribution < -0.4 is 0 Å². The molecule has 3 heterocycles. The molecule has 0 N–H and O–H groups in total. The van der Waals surface area contributed by atoms with Gasteiger partial charge in [0.25, 0.3) is 5.91 Å². The third kappa shape index (κ3) is 4.39. The minimum absolute atomic E-state index is 0.0952. The van der Waals surface area contributed by atoms with Crippen molar-refractivity contribution in [2.75, 3.05) is 32.8 Å². The van der Waals surface area contributed by atoms with Gasteiger partial charge in [-0.3, -0.25) is 9.59 Å². The number of rotatable bonds is 5. The zero-order valence-electron chi connectivity index (χ0n) is 15.0. The first-order chi connectivity index (χ1) is 12.2. The summed E-state index contributed by atoms with van der Waals surface area (Å²) in [5, 5.41) is 0. The Morgan fingerprint density at radius 3 is 2.76 bits per heavy atom. The van der Waals surface area contributed by atoms with Crippen LogP contribution in [0.5, 0.6) is 0 Å². The summed E-state index contributed by atoms with van der Waals surface area (Å²) in [6.07, 6.45) is 7.39. The fourth-order valence-corrected chi connectivity index (χ4v) is 3.60. The van der Waals surface area contributed by atoms with Gasteiger partial charge in [0.15, 0.2) is 0 Å². The largest absolute Gasteiger partial charge is 0.368 e. The van der Waals surface area contributed by atoms with Crippen molar-refractivity contribution in [3.05, 3.63) is 18.2 Å². The van der Waals surface area contributed by atoms with Gasteiger partial charge in [-0.15, -0.1) is 0 Å². The molecule has 0 aromatic carbocycles. The van der Waals surface area contributed by atoms with Crippen LogP contribution in [0.1, 0.15) is 38.4 Å². The van der Waals surface area contributed by atoms with E-state index in [4.69, 9.17) is 4.74 Å². The summed E-state index contributed by atoms with van der Waals surface area (Å²) >= 11 is 0. The van der Waals surface area contributed by atoms with Gasteiger partial charge in [0.2, 0.25) is 5.91 Å². The molecule has 1 unspecified atom stereocenters. The fraction of sp³-hybridized carbons (Fsp3) is 0.722. The molecule has 1 aromatic rings. The lowest BCUT2D eigenvalue weighted by Crippen LogP contribution is -2.41. The van der Waals surface area contributed by atoms with Gasteiger partial charge in [-0.1, -0.05) is 6.92 Å². The smallest absolute Gasteiger partial charge is 0.251 e. The Morgan fingerprint density at radius 2 is 2.00 bits per heavy atom. The van der Waals surface area contributed by atoms with Crippen molar-refractivity contribution >= 4 is 11.8 Å². The zero-order valence-corrected chi connectivity index (χ0v) is 15.0. The molecule has 138 valence electrons. The molecule has 25 heavy (non-hydrogen) atoms. The van der Waals surface area contributed by atoms with Crippen molar-refractivity contribution < 1.29 is 14.3 Å². The highest BCUT2D eigenvalue weighted by Gasteiger charge is 2.30. The normalized spacial score (nSPS) is 21.4. The third-order valence-electron chi connectivity index (χ3n) is 5.05. The molecule has 2 amide bonds. The van der Waals surface area contributed by atoms with Crippen molar-refractivity contribution in [3.8, 4) is 0 Å². The number of carbonyl (C=O) groups excluding carboxylic acids is 2. The van der Waals surface area contributed by atoms with Crippen molar-refractivity contribution in [1.29, 1.82) is 0 Å². The standard InChI is InChI=1S/C18H28N4O3/c1-2-16-19-7-11-20(16)10-6-17(23)21-8-4-9-22(13-12-21)18(24)15-5-3-14-25-15/h7,11,15H,2-6,8-10,12-14H2,1H3. The van der Waals surface area contributed by atoms with Crippen LogP contribution in [0.15, 0.2) is 12.4 Å². The van der Waals surface area contributed by atoms with Gasteiger partial charge in [0.1, 0.15) is 11.9 Å². The summed E-state index contributed by atoms with van der Waals surface area (Å²) in [6.45, 7) is 6.06. The lowest BCUT2D eigenvalue weighted by molar-refractivity contribution is -0.141. The minimum Gasteiger partial charge on any atom is -0.368 e. The minimum atomic E-state index is -0.268. The second kappa shape index (κ2) is 8.47. The highest BCUT2D eigenvalue weighted by molar-refractivity contribution is 5.81. The fourth-order valence-electron chi connectivity index (χ4n) is 3.60. The summed E-state index contributed by atoms with van der Waals surface area (Å²) in [7, 11) is 0. The number of aromatic nitrogens is 2. The van der Waals surface area contributed by atoms with E-state index in [2.05, 4.69) is 11.9 Å². The second-order valence-corrected chi connectivity index (χ2v) is 6.70. The highest BCUT2D eigenvalue weighted by atomic mass is 16.5. The van der Waals surface area contributed by atoms with Crippen molar-refractivity contribution in [1.82, 2.24) is 19.4 Å². The van der Waals surface area contributed by atoms with Crippen LogP contribution in [-0.4, -0.2) is 70.1 Å².